The smallest absolute Gasteiger partial charge is 0.375 e. The van der Waals surface area contributed by atoms with E-state index in [-0.39, 0.29) is 11.2 Å². The fourth-order valence-corrected chi connectivity index (χ4v) is 4.10. The Bertz CT molecular complexity index is 920. The summed E-state index contributed by atoms with van der Waals surface area (Å²) in [5.41, 5.74) is 2.57. The van der Waals surface area contributed by atoms with E-state index in [0.717, 1.165) is 35.8 Å². The minimum Gasteiger partial charge on any atom is -0.475 e. The first-order valence-corrected chi connectivity index (χ1v) is 8.59. The maximum absolute atomic E-state index is 11.1. The molecule has 1 atom stereocenters. The third-order valence-corrected chi connectivity index (χ3v) is 5.66. The molecule has 1 aliphatic heterocycles. The summed E-state index contributed by atoms with van der Waals surface area (Å²) >= 11 is 1.70. The zero-order valence-corrected chi connectivity index (χ0v) is 14.2. The summed E-state index contributed by atoms with van der Waals surface area (Å²) in [5.74, 6) is -1.29. The van der Waals surface area contributed by atoms with E-state index in [2.05, 4.69) is 26.9 Å². The molecule has 1 saturated heterocycles. The predicted octanol–water partition coefficient (Wildman–Crippen LogP) is 2.36. The highest BCUT2D eigenvalue weighted by atomic mass is 32.1. The first-order chi connectivity index (χ1) is 11.5. The van der Waals surface area contributed by atoms with Gasteiger partial charge in [0.2, 0.25) is 0 Å². The molecule has 124 valence electrons. The monoisotopic (exact) mass is 343 g/mol. The lowest BCUT2D eigenvalue weighted by Gasteiger charge is -2.23. The zero-order chi connectivity index (χ0) is 16.9. The third-order valence-electron chi connectivity index (χ3n) is 4.58. The molecule has 1 aliphatic rings. The summed E-state index contributed by atoms with van der Waals surface area (Å²) in [6, 6.07) is 2.04. The van der Waals surface area contributed by atoms with Crippen molar-refractivity contribution in [2.24, 2.45) is 0 Å². The largest absolute Gasteiger partial charge is 0.475 e. The van der Waals surface area contributed by atoms with E-state index in [1.807, 2.05) is 30.8 Å². The van der Waals surface area contributed by atoms with Gasteiger partial charge >= 0.3 is 5.97 Å². The number of hydrogen-bond donors (Lipinski definition) is 1. The van der Waals surface area contributed by atoms with E-state index >= 15 is 0 Å². The number of aryl methyl sites for hydroxylation is 1. The SMILES string of the molecule is Cc1cc(N2CCC(C)(c3nccs3)C2)cn2nc(C(=O)O)nc12. The van der Waals surface area contributed by atoms with Crippen molar-refractivity contribution >= 4 is 28.6 Å². The number of aromatic nitrogens is 4. The Balaban J connectivity index is 1.69. The molecule has 0 aliphatic carbocycles. The van der Waals surface area contributed by atoms with Crippen LogP contribution in [0.2, 0.25) is 0 Å². The number of pyridine rings is 1. The lowest BCUT2D eigenvalue weighted by atomic mass is 9.91. The van der Waals surface area contributed by atoms with Crippen LogP contribution in [0.3, 0.4) is 0 Å². The minimum absolute atomic E-state index is 0.0472. The van der Waals surface area contributed by atoms with Crippen LogP contribution >= 0.6 is 11.3 Å². The van der Waals surface area contributed by atoms with Gasteiger partial charge in [-0.25, -0.2) is 19.3 Å². The summed E-state index contributed by atoms with van der Waals surface area (Å²) in [5, 5.41) is 16.3. The van der Waals surface area contributed by atoms with Crippen molar-refractivity contribution in [1.82, 2.24) is 19.6 Å². The third kappa shape index (κ3) is 2.34. The zero-order valence-electron chi connectivity index (χ0n) is 13.4. The number of thiazole rings is 1. The number of rotatable bonds is 3. The average molecular weight is 343 g/mol. The maximum atomic E-state index is 11.1. The van der Waals surface area contributed by atoms with E-state index < -0.39 is 5.97 Å². The number of carboxylic acid groups (broad SMARTS) is 1. The van der Waals surface area contributed by atoms with Crippen LogP contribution in [0.15, 0.2) is 23.8 Å². The molecule has 3 aromatic heterocycles. The first kappa shape index (κ1) is 15.1. The predicted molar refractivity (Wildman–Crippen MR) is 91.0 cm³/mol. The molecule has 0 radical (unpaired) electrons. The van der Waals surface area contributed by atoms with E-state index in [4.69, 9.17) is 5.11 Å². The average Bonchev–Trinajstić information content (AvgIpc) is 3.26. The summed E-state index contributed by atoms with van der Waals surface area (Å²) < 4.78 is 1.56. The van der Waals surface area contributed by atoms with Crippen LogP contribution in [-0.2, 0) is 5.41 Å². The van der Waals surface area contributed by atoms with Gasteiger partial charge in [0.1, 0.15) is 5.01 Å². The fraction of sp³-hybridized carbons (Fsp3) is 0.375. The Morgan fingerprint density at radius 1 is 1.46 bits per heavy atom. The molecule has 0 saturated carbocycles. The van der Waals surface area contributed by atoms with E-state index in [9.17, 15) is 4.79 Å². The Hall–Kier alpha value is -2.48. The van der Waals surface area contributed by atoms with Crippen LogP contribution in [-0.4, -0.2) is 43.7 Å². The number of anilines is 1. The normalized spacial score (nSPS) is 20.8. The Labute approximate surface area is 142 Å². The molecule has 0 bridgehead atoms. The Kier molecular flexibility index (Phi) is 3.31. The molecular formula is C16H17N5O2S. The van der Waals surface area contributed by atoms with Gasteiger partial charge < -0.3 is 10.0 Å². The van der Waals surface area contributed by atoms with Crippen LogP contribution < -0.4 is 4.90 Å². The second-order valence-corrected chi connectivity index (χ2v) is 7.35. The maximum Gasteiger partial charge on any atom is 0.375 e. The highest BCUT2D eigenvalue weighted by Gasteiger charge is 2.37. The van der Waals surface area contributed by atoms with Crippen molar-refractivity contribution < 1.29 is 9.90 Å². The molecule has 1 unspecified atom stereocenters. The summed E-state index contributed by atoms with van der Waals surface area (Å²) in [4.78, 5) is 21.9. The van der Waals surface area contributed by atoms with Gasteiger partial charge in [-0.15, -0.1) is 16.4 Å². The topological polar surface area (TPSA) is 83.6 Å². The van der Waals surface area contributed by atoms with Crippen molar-refractivity contribution in [3.05, 3.63) is 40.2 Å². The molecule has 3 aromatic rings. The molecule has 4 rings (SSSR count). The van der Waals surface area contributed by atoms with Crippen LogP contribution in [0.1, 0.15) is 34.5 Å². The van der Waals surface area contributed by atoms with E-state index in [1.54, 1.807) is 15.9 Å². The van der Waals surface area contributed by atoms with Crippen molar-refractivity contribution in [3.8, 4) is 0 Å². The van der Waals surface area contributed by atoms with Crippen molar-refractivity contribution in [3.63, 3.8) is 0 Å². The van der Waals surface area contributed by atoms with Crippen LogP contribution in [0.25, 0.3) is 5.65 Å². The Morgan fingerprint density at radius 3 is 3.00 bits per heavy atom. The quantitative estimate of drug-likeness (QED) is 0.786. The van der Waals surface area contributed by atoms with Crippen LogP contribution in [0.5, 0.6) is 0 Å². The number of nitrogens with zero attached hydrogens (tertiary/aromatic N) is 5. The highest BCUT2D eigenvalue weighted by molar-refractivity contribution is 7.09. The Morgan fingerprint density at radius 2 is 2.29 bits per heavy atom. The van der Waals surface area contributed by atoms with Gasteiger partial charge in [-0.05, 0) is 25.0 Å². The van der Waals surface area contributed by atoms with Gasteiger partial charge in [-0.2, -0.15) is 0 Å². The molecular weight excluding hydrogens is 326 g/mol. The van der Waals surface area contributed by atoms with Gasteiger partial charge in [0.05, 0.1) is 11.9 Å². The number of hydrogen-bond acceptors (Lipinski definition) is 6. The minimum atomic E-state index is -1.11. The molecule has 1 fully saturated rings. The van der Waals surface area contributed by atoms with Crippen molar-refractivity contribution in [2.75, 3.05) is 18.0 Å². The number of carbonyl (C=O) groups is 1. The summed E-state index contributed by atoms with van der Waals surface area (Å²) in [7, 11) is 0. The molecule has 0 spiro atoms. The molecule has 8 heteroatoms. The number of carboxylic acids is 1. The second kappa shape index (κ2) is 5.27. The fourth-order valence-electron chi connectivity index (χ4n) is 3.27. The van der Waals surface area contributed by atoms with E-state index in [0.29, 0.717) is 5.65 Å². The summed E-state index contributed by atoms with van der Waals surface area (Å²) in [6.45, 7) is 5.98. The van der Waals surface area contributed by atoms with Crippen molar-refractivity contribution in [2.45, 2.75) is 25.7 Å². The molecule has 1 N–H and O–H groups in total. The lowest BCUT2D eigenvalue weighted by Crippen LogP contribution is -2.28. The molecule has 0 aromatic carbocycles. The molecule has 0 amide bonds. The van der Waals surface area contributed by atoms with Gasteiger partial charge in [-0.1, -0.05) is 6.92 Å². The van der Waals surface area contributed by atoms with E-state index in [1.165, 1.54) is 0 Å². The van der Waals surface area contributed by atoms with Crippen LogP contribution in [0.4, 0.5) is 5.69 Å². The summed E-state index contributed by atoms with van der Waals surface area (Å²) in [6.07, 6.45) is 4.75. The van der Waals surface area contributed by atoms with Gasteiger partial charge in [0, 0.05) is 30.1 Å². The number of fused-ring (bicyclic) bond motifs is 1. The van der Waals surface area contributed by atoms with Gasteiger partial charge in [-0.3, -0.25) is 0 Å². The highest BCUT2D eigenvalue weighted by Crippen LogP contribution is 2.37. The second-order valence-electron chi connectivity index (χ2n) is 6.46. The lowest BCUT2D eigenvalue weighted by molar-refractivity contribution is 0.0684. The molecule has 24 heavy (non-hydrogen) atoms. The van der Waals surface area contributed by atoms with Gasteiger partial charge in [0.15, 0.2) is 5.65 Å². The standard InChI is InChI=1S/C16H17N5O2S/c1-10-7-11(8-21-13(10)18-12(19-21)14(22)23)20-5-3-16(2,9-20)15-17-4-6-24-15/h4,6-8H,3,5,9H2,1-2H3,(H,22,23). The number of aromatic carboxylic acids is 1. The van der Waals surface area contributed by atoms with Crippen LogP contribution in [0, 0.1) is 6.92 Å². The molecule has 7 nitrogen and oxygen atoms in total. The molecule has 4 heterocycles. The first-order valence-electron chi connectivity index (χ1n) is 7.71. The van der Waals surface area contributed by atoms with Crippen molar-refractivity contribution in [1.29, 1.82) is 0 Å². The van der Waals surface area contributed by atoms with Gasteiger partial charge in [0.25, 0.3) is 5.82 Å².